The highest BCUT2D eigenvalue weighted by molar-refractivity contribution is 5.81. The lowest BCUT2D eigenvalue weighted by atomic mass is 9.90. The number of halogens is 1. The number of carbonyl (C=O) groups excluding carboxylic acids is 2. The van der Waals surface area contributed by atoms with Crippen LogP contribution in [0.5, 0.6) is 0 Å². The van der Waals surface area contributed by atoms with E-state index in [1.54, 1.807) is 27.7 Å². The lowest BCUT2D eigenvalue weighted by molar-refractivity contribution is -0.161. The molecule has 0 unspecified atom stereocenters. The minimum absolute atomic E-state index is 0.0307. The topological polar surface area (TPSA) is 73.9 Å². The summed E-state index contributed by atoms with van der Waals surface area (Å²) < 4.78 is 29.9. The molecule has 1 aliphatic heterocycles. The predicted octanol–water partition coefficient (Wildman–Crippen LogP) is 4.01. The first-order valence-corrected chi connectivity index (χ1v) is 9.91. The van der Waals surface area contributed by atoms with E-state index in [9.17, 15) is 14.0 Å². The van der Waals surface area contributed by atoms with Gasteiger partial charge in [0.2, 0.25) is 0 Å². The van der Waals surface area contributed by atoms with E-state index in [1.165, 1.54) is 0 Å². The Balaban J connectivity index is 2.84. The van der Waals surface area contributed by atoms with Crippen LogP contribution >= 0.6 is 0 Å². The fourth-order valence-electron chi connectivity index (χ4n) is 3.19. The molecule has 0 radical (unpaired) electrons. The van der Waals surface area contributed by atoms with Crippen molar-refractivity contribution in [2.45, 2.75) is 91.1 Å². The zero-order valence-corrected chi connectivity index (χ0v) is 17.5. The van der Waals surface area contributed by atoms with Crippen molar-refractivity contribution in [1.29, 1.82) is 0 Å². The summed E-state index contributed by atoms with van der Waals surface area (Å²) in [4.78, 5) is 24.6. The van der Waals surface area contributed by atoms with Gasteiger partial charge in [0.15, 0.2) is 0 Å². The molecule has 1 N–H and O–H groups in total. The van der Waals surface area contributed by atoms with Crippen molar-refractivity contribution >= 4 is 12.1 Å². The van der Waals surface area contributed by atoms with Crippen molar-refractivity contribution in [3.05, 3.63) is 0 Å². The monoisotopic (exact) mass is 389 g/mol. The molecule has 7 heteroatoms. The number of hydrogen-bond acceptors (Lipinski definition) is 5. The highest BCUT2D eigenvalue weighted by Crippen LogP contribution is 2.27. The molecule has 0 aromatic rings. The third-order valence-corrected chi connectivity index (χ3v) is 4.37. The lowest BCUT2D eigenvalue weighted by Crippen LogP contribution is -2.46. The summed E-state index contributed by atoms with van der Waals surface area (Å²) in [5, 5.41) is 2.60. The van der Waals surface area contributed by atoms with Crippen LogP contribution in [0, 0.1) is 11.8 Å². The SMILES string of the molecule is CC(C)CO[C@@H]1[C@@H](CCF)CCC[C@H](NC(=O)OC(C)(C)C)C(=O)O[C@H]1C. The van der Waals surface area contributed by atoms with Gasteiger partial charge in [-0.25, -0.2) is 9.59 Å². The van der Waals surface area contributed by atoms with Crippen LogP contribution in [0.15, 0.2) is 0 Å². The predicted molar refractivity (Wildman–Crippen MR) is 101 cm³/mol. The van der Waals surface area contributed by atoms with E-state index < -0.39 is 36.5 Å². The first kappa shape index (κ1) is 23.7. The molecule has 1 fully saturated rings. The fourth-order valence-corrected chi connectivity index (χ4v) is 3.19. The summed E-state index contributed by atoms with van der Waals surface area (Å²) in [5.41, 5.74) is -0.651. The average Bonchev–Trinajstić information content (AvgIpc) is 2.55. The van der Waals surface area contributed by atoms with E-state index in [0.717, 1.165) is 0 Å². The summed E-state index contributed by atoms with van der Waals surface area (Å²) in [6.07, 6.45) is 0.638. The maximum Gasteiger partial charge on any atom is 0.408 e. The van der Waals surface area contributed by atoms with Crippen molar-refractivity contribution in [3.8, 4) is 0 Å². The van der Waals surface area contributed by atoms with E-state index in [1.807, 2.05) is 13.8 Å². The Bertz CT molecular complexity index is 477. The molecular weight excluding hydrogens is 353 g/mol. The zero-order chi connectivity index (χ0) is 20.6. The number of amides is 1. The lowest BCUT2D eigenvalue weighted by Gasteiger charge is -2.31. The van der Waals surface area contributed by atoms with E-state index in [4.69, 9.17) is 14.2 Å². The second-order valence-electron chi connectivity index (χ2n) is 8.70. The number of nitrogens with one attached hydrogen (secondary N) is 1. The number of esters is 1. The van der Waals surface area contributed by atoms with Crippen LogP contribution < -0.4 is 5.32 Å². The smallest absolute Gasteiger partial charge is 0.408 e. The van der Waals surface area contributed by atoms with Crippen LogP contribution in [0.2, 0.25) is 0 Å². The van der Waals surface area contributed by atoms with Crippen molar-refractivity contribution < 1.29 is 28.2 Å². The molecule has 0 aliphatic carbocycles. The summed E-state index contributed by atoms with van der Waals surface area (Å²) in [5.74, 6) is -0.211. The summed E-state index contributed by atoms with van der Waals surface area (Å²) in [6, 6.07) is -0.780. The Labute approximate surface area is 162 Å². The standard InChI is InChI=1S/C20H36FNO5/c1-13(2)12-25-17-14(3)26-18(23)16(9-7-8-15(17)10-11-21)22-19(24)27-20(4,5)6/h13-17H,7-12H2,1-6H3,(H,22,24)/t14-,15+,16-,17-/m0/s1. The van der Waals surface area contributed by atoms with Gasteiger partial charge in [0.05, 0.1) is 12.8 Å². The van der Waals surface area contributed by atoms with Gasteiger partial charge in [-0.3, -0.25) is 4.39 Å². The van der Waals surface area contributed by atoms with Crippen LogP contribution in [-0.2, 0) is 19.0 Å². The van der Waals surface area contributed by atoms with E-state index in [2.05, 4.69) is 5.32 Å². The number of ether oxygens (including phenoxy) is 3. The van der Waals surface area contributed by atoms with Crippen LogP contribution in [0.4, 0.5) is 9.18 Å². The van der Waals surface area contributed by atoms with Crippen molar-refractivity contribution in [1.82, 2.24) is 5.32 Å². The maximum atomic E-state index is 13.1. The van der Waals surface area contributed by atoms with Gasteiger partial charge in [0, 0.05) is 6.61 Å². The molecule has 0 saturated carbocycles. The minimum atomic E-state index is -0.780. The second-order valence-corrected chi connectivity index (χ2v) is 8.70. The van der Waals surface area contributed by atoms with Gasteiger partial charge in [-0.2, -0.15) is 0 Å². The Morgan fingerprint density at radius 3 is 2.56 bits per heavy atom. The summed E-state index contributed by atoms with van der Waals surface area (Å²) >= 11 is 0. The molecule has 1 heterocycles. The van der Waals surface area contributed by atoms with Crippen LogP contribution in [-0.4, -0.2) is 49.2 Å². The Morgan fingerprint density at radius 2 is 2.00 bits per heavy atom. The largest absolute Gasteiger partial charge is 0.458 e. The summed E-state index contributed by atoms with van der Waals surface area (Å²) in [6.45, 7) is 11.2. The Hall–Kier alpha value is -1.37. The van der Waals surface area contributed by atoms with Crippen LogP contribution in [0.3, 0.4) is 0 Å². The number of alkyl carbamates (subject to hydrolysis) is 1. The number of carbonyl (C=O) groups is 2. The van der Waals surface area contributed by atoms with E-state index in [0.29, 0.717) is 38.2 Å². The van der Waals surface area contributed by atoms with Gasteiger partial charge in [-0.05, 0) is 58.8 Å². The van der Waals surface area contributed by atoms with E-state index >= 15 is 0 Å². The first-order valence-electron chi connectivity index (χ1n) is 9.91. The number of hydrogen-bond donors (Lipinski definition) is 1. The highest BCUT2D eigenvalue weighted by Gasteiger charge is 2.35. The number of cyclic esters (lactones) is 1. The van der Waals surface area contributed by atoms with Crippen molar-refractivity contribution in [2.75, 3.05) is 13.3 Å². The van der Waals surface area contributed by atoms with Crippen molar-refractivity contribution in [3.63, 3.8) is 0 Å². The molecule has 0 aromatic heterocycles. The quantitative estimate of drug-likeness (QED) is 0.695. The van der Waals surface area contributed by atoms with Gasteiger partial charge in [-0.15, -0.1) is 0 Å². The normalized spacial score (nSPS) is 27.3. The average molecular weight is 390 g/mol. The third kappa shape index (κ3) is 8.91. The van der Waals surface area contributed by atoms with Crippen molar-refractivity contribution in [2.24, 2.45) is 11.8 Å². The molecule has 4 atom stereocenters. The molecule has 27 heavy (non-hydrogen) atoms. The van der Waals surface area contributed by atoms with Gasteiger partial charge in [0.1, 0.15) is 17.7 Å². The molecule has 0 bridgehead atoms. The third-order valence-electron chi connectivity index (χ3n) is 4.37. The number of alkyl halides is 1. The molecule has 158 valence electrons. The molecular formula is C20H36FNO5. The Morgan fingerprint density at radius 1 is 1.33 bits per heavy atom. The second kappa shape index (κ2) is 10.8. The van der Waals surface area contributed by atoms with Gasteiger partial charge in [0.25, 0.3) is 0 Å². The molecule has 0 spiro atoms. The fraction of sp³-hybridized carbons (Fsp3) is 0.900. The van der Waals surface area contributed by atoms with E-state index in [-0.39, 0.29) is 12.0 Å². The summed E-state index contributed by atoms with van der Waals surface area (Å²) in [7, 11) is 0. The molecule has 6 nitrogen and oxygen atoms in total. The molecule has 1 saturated heterocycles. The molecule has 1 amide bonds. The van der Waals surface area contributed by atoms with Gasteiger partial charge >= 0.3 is 12.1 Å². The number of rotatable bonds is 6. The van der Waals surface area contributed by atoms with Gasteiger partial charge < -0.3 is 19.5 Å². The van der Waals surface area contributed by atoms with Gasteiger partial charge in [-0.1, -0.05) is 20.3 Å². The maximum absolute atomic E-state index is 13.1. The van der Waals surface area contributed by atoms with Crippen LogP contribution in [0.1, 0.15) is 67.2 Å². The first-order chi connectivity index (χ1) is 12.5. The highest BCUT2D eigenvalue weighted by atomic mass is 19.1. The molecule has 1 rings (SSSR count). The molecule has 1 aliphatic rings. The van der Waals surface area contributed by atoms with Crippen LogP contribution in [0.25, 0.3) is 0 Å². The minimum Gasteiger partial charge on any atom is -0.458 e. The Kier molecular flexibility index (Phi) is 9.50. The molecule has 0 aromatic carbocycles. The zero-order valence-electron chi connectivity index (χ0n) is 17.5.